The minimum Gasteiger partial charge on any atom is -0.478 e. The van der Waals surface area contributed by atoms with Crippen LogP contribution in [0.15, 0.2) is 57.9 Å². The first-order valence-corrected chi connectivity index (χ1v) is 12.7. The molecule has 0 spiro atoms. The Bertz CT molecular complexity index is 1540. The van der Waals surface area contributed by atoms with Crippen molar-refractivity contribution in [3.8, 4) is 11.3 Å². The maximum atomic E-state index is 12.9. The molecule has 1 aromatic heterocycles. The van der Waals surface area contributed by atoms with Crippen LogP contribution >= 0.6 is 23.4 Å². The van der Waals surface area contributed by atoms with Gasteiger partial charge in [0.15, 0.2) is 0 Å². The van der Waals surface area contributed by atoms with Gasteiger partial charge in [-0.15, -0.1) is 0 Å². The van der Waals surface area contributed by atoms with Crippen molar-refractivity contribution < 1.29 is 38.2 Å². The van der Waals surface area contributed by atoms with Crippen molar-refractivity contribution in [3.63, 3.8) is 0 Å². The number of rotatable bonds is 8. The van der Waals surface area contributed by atoms with E-state index < -0.39 is 35.5 Å². The highest BCUT2D eigenvalue weighted by atomic mass is 35.5. The molecule has 39 heavy (non-hydrogen) atoms. The van der Waals surface area contributed by atoms with Crippen LogP contribution in [0.2, 0.25) is 5.02 Å². The standard InChI is InChI=1S/C27H21ClN2O8S/c1-3-37-26(35)19-11-15(7-9-20(19)28)29-23(31)13-30-24(32)22(39-27(30)36)12-16-8-10-21(38-16)17-5-4-6-18(14(17)2)25(33)34/h4-12H,3,13H2,1-2H3,(H,29,31)(H,33,34)/b22-12-. The molecule has 3 amide bonds. The van der Waals surface area contributed by atoms with Gasteiger partial charge in [-0.05, 0) is 67.6 Å². The molecule has 3 aromatic rings. The van der Waals surface area contributed by atoms with E-state index >= 15 is 0 Å². The summed E-state index contributed by atoms with van der Waals surface area (Å²) < 4.78 is 10.7. The number of amides is 3. The van der Waals surface area contributed by atoms with Gasteiger partial charge in [0.2, 0.25) is 5.91 Å². The molecule has 0 atom stereocenters. The second-order valence-corrected chi connectivity index (χ2v) is 9.62. The zero-order valence-electron chi connectivity index (χ0n) is 20.6. The lowest BCUT2D eigenvalue weighted by Crippen LogP contribution is -2.36. The van der Waals surface area contributed by atoms with Crippen molar-refractivity contribution >= 4 is 64.1 Å². The third-order valence-corrected chi connectivity index (χ3v) is 6.89. The van der Waals surface area contributed by atoms with Gasteiger partial charge in [-0.1, -0.05) is 23.7 Å². The summed E-state index contributed by atoms with van der Waals surface area (Å²) >= 11 is 6.69. The summed E-state index contributed by atoms with van der Waals surface area (Å²) in [6, 6.07) is 12.3. The molecule has 0 aliphatic carbocycles. The van der Waals surface area contributed by atoms with Crippen LogP contribution in [0.4, 0.5) is 10.5 Å². The number of nitrogens with zero attached hydrogens (tertiary/aromatic N) is 1. The van der Waals surface area contributed by atoms with E-state index in [0.717, 1.165) is 4.90 Å². The summed E-state index contributed by atoms with van der Waals surface area (Å²) in [4.78, 5) is 62.3. The van der Waals surface area contributed by atoms with Gasteiger partial charge in [-0.25, -0.2) is 9.59 Å². The molecule has 0 saturated carbocycles. The number of esters is 1. The molecular formula is C27H21ClN2O8S. The highest BCUT2D eigenvalue weighted by Gasteiger charge is 2.36. The van der Waals surface area contributed by atoms with E-state index in [-0.39, 0.29) is 39.1 Å². The number of halogens is 1. The van der Waals surface area contributed by atoms with Crippen LogP contribution in [0.3, 0.4) is 0 Å². The number of anilines is 1. The first kappa shape index (κ1) is 27.7. The lowest BCUT2D eigenvalue weighted by atomic mass is 10.0. The van der Waals surface area contributed by atoms with Crippen LogP contribution in [-0.2, 0) is 14.3 Å². The number of hydrogen-bond donors (Lipinski definition) is 2. The van der Waals surface area contributed by atoms with Gasteiger partial charge in [0.25, 0.3) is 11.1 Å². The number of carbonyl (C=O) groups is 5. The van der Waals surface area contributed by atoms with E-state index in [4.69, 9.17) is 20.8 Å². The van der Waals surface area contributed by atoms with E-state index in [1.165, 1.54) is 30.3 Å². The van der Waals surface area contributed by atoms with Crippen molar-refractivity contribution in [3.05, 3.63) is 80.9 Å². The van der Waals surface area contributed by atoms with Gasteiger partial charge in [0, 0.05) is 17.3 Å². The number of ether oxygens (including phenoxy) is 1. The molecule has 2 N–H and O–H groups in total. The fourth-order valence-electron chi connectivity index (χ4n) is 3.79. The summed E-state index contributed by atoms with van der Waals surface area (Å²) in [5.74, 6) is -2.39. The Labute approximate surface area is 231 Å². The van der Waals surface area contributed by atoms with Crippen molar-refractivity contribution in [2.75, 3.05) is 18.5 Å². The number of furan rings is 1. The molecule has 12 heteroatoms. The van der Waals surface area contributed by atoms with Gasteiger partial charge in [0.05, 0.1) is 27.7 Å². The summed E-state index contributed by atoms with van der Waals surface area (Å²) in [7, 11) is 0. The molecule has 0 radical (unpaired) electrons. The number of aromatic carboxylic acids is 1. The topological polar surface area (TPSA) is 143 Å². The Morgan fingerprint density at radius 2 is 1.90 bits per heavy atom. The zero-order valence-corrected chi connectivity index (χ0v) is 22.2. The molecule has 2 aromatic carbocycles. The van der Waals surface area contributed by atoms with Crippen LogP contribution in [0.5, 0.6) is 0 Å². The Morgan fingerprint density at radius 1 is 1.13 bits per heavy atom. The second kappa shape index (κ2) is 11.6. The highest BCUT2D eigenvalue weighted by Crippen LogP contribution is 2.34. The fourth-order valence-corrected chi connectivity index (χ4v) is 4.80. The average molecular weight is 569 g/mol. The Hall–Kier alpha value is -4.35. The fraction of sp³-hybridized carbons (Fsp3) is 0.148. The smallest absolute Gasteiger partial charge is 0.339 e. The third-order valence-electron chi connectivity index (χ3n) is 5.65. The van der Waals surface area contributed by atoms with E-state index in [2.05, 4.69) is 5.32 Å². The van der Waals surface area contributed by atoms with Crippen LogP contribution in [0.25, 0.3) is 17.4 Å². The van der Waals surface area contributed by atoms with Gasteiger partial charge in [-0.3, -0.25) is 19.3 Å². The van der Waals surface area contributed by atoms with Crippen molar-refractivity contribution in [1.29, 1.82) is 0 Å². The SMILES string of the molecule is CCOC(=O)c1cc(NC(=O)CN2C(=O)S/C(=C\c3ccc(-c4cccc(C(=O)O)c4C)o3)C2=O)ccc1Cl. The molecular weight excluding hydrogens is 548 g/mol. The molecule has 10 nitrogen and oxygen atoms in total. The summed E-state index contributed by atoms with van der Waals surface area (Å²) in [5, 5.41) is 11.4. The number of thioether (sulfide) groups is 1. The molecule has 2 heterocycles. The average Bonchev–Trinajstić information content (AvgIpc) is 3.45. The first-order valence-electron chi connectivity index (χ1n) is 11.5. The normalized spacial score (nSPS) is 14.1. The predicted molar refractivity (Wildman–Crippen MR) is 145 cm³/mol. The number of nitrogens with one attached hydrogen (secondary N) is 1. The Morgan fingerprint density at radius 3 is 2.62 bits per heavy atom. The Kier molecular flexibility index (Phi) is 8.22. The minimum atomic E-state index is -1.06. The van der Waals surface area contributed by atoms with Gasteiger partial charge < -0.3 is 19.6 Å². The second-order valence-electron chi connectivity index (χ2n) is 8.22. The van der Waals surface area contributed by atoms with Gasteiger partial charge in [0.1, 0.15) is 18.1 Å². The zero-order chi connectivity index (χ0) is 28.3. The number of imide groups is 1. The summed E-state index contributed by atoms with van der Waals surface area (Å²) in [6.07, 6.45) is 1.38. The van der Waals surface area contributed by atoms with Crippen molar-refractivity contribution in [2.45, 2.75) is 13.8 Å². The number of carbonyl (C=O) groups excluding carboxylic acids is 4. The Balaban J connectivity index is 1.46. The molecule has 4 rings (SSSR count). The van der Waals surface area contributed by atoms with E-state index in [1.54, 1.807) is 38.1 Å². The van der Waals surface area contributed by atoms with Crippen LogP contribution < -0.4 is 5.32 Å². The van der Waals surface area contributed by atoms with Gasteiger partial charge >= 0.3 is 11.9 Å². The quantitative estimate of drug-likeness (QED) is 0.267. The maximum absolute atomic E-state index is 12.9. The van der Waals surface area contributed by atoms with Crippen LogP contribution in [-0.4, -0.2) is 52.2 Å². The lowest BCUT2D eigenvalue weighted by molar-refractivity contribution is -0.127. The largest absolute Gasteiger partial charge is 0.478 e. The van der Waals surface area contributed by atoms with E-state index in [0.29, 0.717) is 28.6 Å². The maximum Gasteiger partial charge on any atom is 0.339 e. The minimum absolute atomic E-state index is 0.0563. The number of carboxylic acids is 1. The molecule has 200 valence electrons. The van der Waals surface area contributed by atoms with E-state index in [1.807, 2.05) is 0 Å². The third kappa shape index (κ3) is 6.05. The number of carboxylic acid groups (broad SMARTS) is 1. The summed E-state index contributed by atoms with van der Waals surface area (Å²) in [5.41, 5.74) is 1.54. The number of hydrogen-bond acceptors (Lipinski definition) is 8. The van der Waals surface area contributed by atoms with Gasteiger partial charge in [-0.2, -0.15) is 0 Å². The van der Waals surface area contributed by atoms with Crippen molar-refractivity contribution in [1.82, 2.24) is 4.90 Å². The van der Waals surface area contributed by atoms with E-state index in [9.17, 15) is 29.1 Å². The highest BCUT2D eigenvalue weighted by molar-refractivity contribution is 8.18. The molecule has 0 bridgehead atoms. The van der Waals surface area contributed by atoms with Crippen LogP contribution in [0, 0.1) is 6.92 Å². The molecule has 1 saturated heterocycles. The molecule has 0 unspecified atom stereocenters. The monoisotopic (exact) mass is 568 g/mol. The van der Waals surface area contributed by atoms with Crippen molar-refractivity contribution in [2.24, 2.45) is 0 Å². The summed E-state index contributed by atoms with van der Waals surface area (Å²) in [6.45, 7) is 2.91. The predicted octanol–water partition coefficient (Wildman–Crippen LogP) is 5.46. The van der Waals surface area contributed by atoms with Crippen LogP contribution in [0.1, 0.15) is 39.0 Å². The molecule has 1 aliphatic rings. The first-order chi connectivity index (χ1) is 18.6. The number of benzene rings is 2. The molecule has 1 aliphatic heterocycles. The molecule has 1 fully saturated rings. The lowest BCUT2D eigenvalue weighted by Gasteiger charge is -2.13.